The molecule has 0 saturated carbocycles. The Bertz CT molecular complexity index is 926. The van der Waals surface area contributed by atoms with E-state index in [1.54, 1.807) is 13.1 Å². The number of aromatic nitrogens is 3. The standard InChI is InChI=1S/C17H14ClF3N4/c1-8-7-22-17(23-8)16(10-3-4-12(20)14(18)15(10)21)25-13-6-5-11(19)9(2)24-13/h3-7,16H,1-2H3,(H,22,23)(H,24,25)/t16-/m1/s1. The van der Waals surface area contributed by atoms with Crippen LogP contribution in [-0.2, 0) is 0 Å². The second kappa shape index (κ2) is 6.76. The minimum atomic E-state index is -0.896. The number of halogens is 4. The van der Waals surface area contributed by atoms with Crippen molar-refractivity contribution in [1.29, 1.82) is 0 Å². The van der Waals surface area contributed by atoms with Crippen LogP contribution in [-0.4, -0.2) is 15.0 Å². The Morgan fingerprint density at radius 1 is 1.08 bits per heavy atom. The summed E-state index contributed by atoms with van der Waals surface area (Å²) in [4.78, 5) is 11.3. The summed E-state index contributed by atoms with van der Waals surface area (Å²) in [5, 5.41) is 2.39. The van der Waals surface area contributed by atoms with Gasteiger partial charge in [-0.1, -0.05) is 17.7 Å². The smallest absolute Gasteiger partial charge is 0.150 e. The summed E-state index contributed by atoms with van der Waals surface area (Å²) < 4.78 is 41.4. The lowest BCUT2D eigenvalue weighted by atomic mass is 10.1. The lowest BCUT2D eigenvalue weighted by Gasteiger charge is -2.19. The van der Waals surface area contributed by atoms with Crippen molar-refractivity contribution >= 4 is 17.4 Å². The van der Waals surface area contributed by atoms with Gasteiger partial charge >= 0.3 is 0 Å². The van der Waals surface area contributed by atoms with E-state index in [9.17, 15) is 13.2 Å². The number of hydrogen-bond acceptors (Lipinski definition) is 3. The topological polar surface area (TPSA) is 53.6 Å². The highest BCUT2D eigenvalue weighted by Gasteiger charge is 2.24. The molecule has 0 aliphatic rings. The van der Waals surface area contributed by atoms with Gasteiger partial charge in [-0.3, -0.25) is 0 Å². The third-order valence-corrected chi connectivity index (χ3v) is 4.03. The molecule has 0 aliphatic heterocycles. The Morgan fingerprint density at radius 2 is 1.80 bits per heavy atom. The molecule has 0 saturated heterocycles. The van der Waals surface area contributed by atoms with Crippen molar-refractivity contribution < 1.29 is 13.2 Å². The maximum Gasteiger partial charge on any atom is 0.150 e. The molecular weight excluding hydrogens is 353 g/mol. The van der Waals surface area contributed by atoms with Gasteiger partial charge in [-0.2, -0.15) is 0 Å². The maximum absolute atomic E-state index is 14.5. The Balaban J connectivity index is 2.07. The zero-order valence-electron chi connectivity index (χ0n) is 13.4. The first kappa shape index (κ1) is 17.3. The van der Waals surface area contributed by atoms with Crippen LogP contribution in [0.2, 0.25) is 5.02 Å². The normalized spacial score (nSPS) is 12.2. The van der Waals surface area contributed by atoms with E-state index in [0.29, 0.717) is 11.6 Å². The fourth-order valence-electron chi connectivity index (χ4n) is 2.41. The number of aromatic amines is 1. The van der Waals surface area contributed by atoms with Gasteiger partial charge in [-0.15, -0.1) is 0 Å². The molecule has 0 radical (unpaired) electrons. The summed E-state index contributed by atoms with van der Waals surface area (Å²) >= 11 is 5.69. The fourth-order valence-corrected chi connectivity index (χ4v) is 2.58. The molecule has 0 amide bonds. The van der Waals surface area contributed by atoms with Gasteiger partial charge in [0.15, 0.2) is 5.82 Å². The Labute approximate surface area is 147 Å². The first-order valence-electron chi connectivity index (χ1n) is 7.41. The van der Waals surface area contributed by atoms with Crippen LogP contribution < -0.4 is 5.32 Å². The number of aryl methyl sites for hydroxylation is 2. The molecule has 130 valence electrons. The molecule has 2 N–H and O–H groups in total. The summed E-state index contributed by atoms with van der Waals surface area (Å²) in [6.45, 7) is 3.31. The Kier molecular flexibility index (Phi) is 4.67. The van der Waals surface area contributed by atoms with Crippen LogP contribution in [0.15, 0.2) is 30.5 Å². The number of H-pyrrole nitrogens is 1. The number of nitrogens with one attached hydrogen (secondary N) is 2. The number of pyridine rings is 1. The quantitative estimate of drug-likeness (QED) is 0.658. The van der Waals surface area contributed by atoms with Crippen LogP contribution >= 0.6 is 11.6 Å². The average molecular weight is 367 g/mol. The van der Waals surface area contributed by atoms with E-state index in [-0.39, 0.29) is 11.3 Å². The van der Waals surface area contributed by atoms with Crippen molar-refractivity contribution in [1.82, 2.24) is 15.0 Å². The van der Waals surface area contributed by atoms with Crippen molar-refractivity contribution in [3.8, 4) is 0 Å². The molecule has 1 atom stereocenters. The molecule has 0 spiro atoms. The number of imidazole rings is 1. The molecule has 25 heavy (non-hydrogen) atoms. The molecule has 8 heteroatoms. The van der Waals surface area contributed by atoms with E-state index in [2.05, 4.69) is 20.3 Å². The van der Waals surface area contributed by atoms with E-state index >= 15 is 0 Å². The first-order valence-corrected chi connectivity index (χ1v) is 7.79. The van der Waals surface area contributed by atoms with Crippen molar-refractivity contribution in [2.75, 3.05) is 5.32 Å². The van der Waals surface area contributed by atoms with E-state index in [4.69, 9.17) is 11.6 Å². The molecule has 0 aliphatic carbocycles. The highest BCUT2D eigenvalue weighted by Crippen LogP contribution is 2.31. The summed E-state index contributed by atoms with van der Waals surface area (Å²) in [6, 6.07) is 4.22. The predicted molar refractivity (Wildman–Crippen MR) is 89.1 cm³/mol. The van der Waals surface area contributed by atoms with Crippen LogP contribution in [0.4, 0.5) is 19.0 Å². The predicted octanol–water partition coefficient (Wildman–Crippen LogP) is 4.69. The van der Waals surface area contributed by atoms with Crippen LogP contribution in [0.3, 0.4) is 0 Å². The van der Waals surface area contributed by atoms with Gasteiger partial charge in [0.05, 0.1) is 5.69 Å². The summed E-state index contributed by atoms with van der Waals surface area (Å²) in [7, 11) is 0. The van der Waals surface area contributed by atoms with Gasteiger partial charge in [-0.05, 0) is 32.0 Å². The van der Waals surface area contributed by atoms with Gasteiger partial charge < -0.3 is 10.3 Å². The second-order valence-corrected chi connectivity index (χ2v) is 5.94. The van der Waals surface area contributed by atoms with E-state index in [1.807, 2.05) is 0 Å². The largest absolute Gasteiger partial charge is 0.356 e. The minimum Gasteiger partial charge on any atom is -0.356 e. The van der Waals surface area contributed by atoms with Crippen LogP contribution in [0, 0.1) is 31.3 Å². The lowest BCUT2D eigenvalue weighted by molar-refractivity contribution is 0.567. The molecule has 3 rings (SSSR count). The fraction of sp³-hybridized carbons (Fsp3) is 0.176. The van der Waals surface area contributed by atoms with Crippen molar-refractivity contribution in [2.24, 2.45) is 0 Å². The molecule has 0 unspecified atom stereocenters. The van der Waals surface area contributed by atoms with Crippen molar-refractivity contribution in [3.63, 3.8) is 0 Å². The molecular formula is C17H14ClF3N4. The number of benzene rings is 1. The highest BCUT2D eigenvalue weighted by molar-refractivity contribution is 6.31. The number of rotatable bonds is 4. The van der Waals surface area contributed by atoms with Gasteiger partial charge in [0.25, 0.3) is 0 Å². The number of nitrogens with zero attached hydrogens (tertiary/aromatic N) is 2. The lowest BCUT2D eigenvalue weighted by Crippen LogP contribution is -2.17. The molecule has 1 aromatic carbocycles. The average Bonchev–Trinajstić information content (AvgIpc) is 3.01. The Hall–Kier alpha value is -2.54. The van der Waals surface area contributed by atoms with Crippen molar-refractivity contribution in [3.05, 3.63) is 75.7 Å². The van der Waals surface area contributed by atoms with Gasteiger partial charge in [0.2, 0.25) is 0 Å². The third kappa shape index (κ3) is 3.46. The molecule has 0 fully saturated rings. The molecule has 4 nitrogen and oxygen atoms in total. The third-order valence-electron chi connectivity index (χ3n) is 3.69. The first-order chi connectivity index (χ1) is 11.9. The summed E-state index contributed by atoms with van der Waals surface area (Å²) in [5.74, 6) is -1.49. The molecule has 3 aromatic rings. The Morgan fingerprint density at radius 3 is 2.44 bits per heavy atom. The second-order valence-electron chi connectivity index (χ2n) is 5.56. The van der Waals surface area contributed by atoms with Crippen LogP contribution in [0.5, 0.6) is 0 Å². The number of anilines is 1. The molecule has 2 heterocycles. The summed E-state index contributed by atoms with van der Waals surface area (Å²) in [5.41, 5.74) is 1.04. The molecule has 2 aromatic heterocycles. The van der Waals surface area contributed by atoms with E-state index < -0.39 is 28.5 Å². The van der Waals surface area contributed by atoms with Crippen molar-refractivity contribution in [2.45, 2.75) is 19.9 Å². The zero-order valence-corrected chi connectivity index (χ0v) is 14.1. The summed E-state index contributed by atoms with van der Waals surface area (Å²) in [6.07, 6.45) is 1.58. The maximum atomic E-state index is 14.5. The monoisotopic (exact) mass is 366 g/mol. The minimum absolute atomic E-state index is 0.0875. The van der Waals surface area contributed by atoms with E-state index in [1.165, 1.54) is 25.1 Å². The van der Waals surface area contributed by atoms with E-state index in [0.717, 1.165) is 11.8 Å². The number of hydrogen-bond donors (Lipinski definition) is 2. The SMILES string of the molecule is Cc1cnc([C@H](Nc2ccc(F)c(C)n2)c2ccc(F)c(Cl)c2F)[nH]1. The van der Waals surface area contributed by atoms with Gasteiger partial charge in [-0.25, -0.2) is 23.1 Å². The van der Waals surface area contributed by atoms with Crippen LogP contribution in [0.25, 0.3) is 0 Å². The van der Waals surface area contributed by atoms with Gasteiger partial charge in [0, 0.05) is 17.5 Å². The van der Waals surface area contributed by atoms with Crippen LogP contribution in [0.1, 0.15) is 28.8 Å². The highest BCUT2D eigenvalue weighted by atomic mass is 35.5. The molecule has 0 bridgehead atoms. The zero-order chi connectivity index (χ0) is 18.1. The van der Waals surface area contributed by atoms with Gasteiger partial charge in [0.1, 0.15) is 34.3 Å².